The van der Waals surface area contributed by atoms with E-state index in [0.29, 0.717) is 0 Å². The minimum absolute atomic E-state index is 0.255. The molecule has 13 heavy (non-hydrogen) atoms. The highest BCUT2D eigenvalue weighted by molar-refractivity contribution is 7.86. The van der Waals surface area contributed by atoms with Crippen molar-refractivity contribution >= 4 is 10.2 Å². The van der Waals surface area contributed by atoms with Gasteiger partial charge in [0, 0.05) is 6.07 Å². The normalized spacial score (nSPS) is 11.2. The molecule has 0 bridgehead atoms. The van der Waals surface area contributed by atoms with Gasteiger partial charge < -0.3 is 9.84 Å². The molecule has 0 saturated heterocycles. The number of phenolic OH excluding ortho intramolecular Hbond substituents is 1. The molecule has 0 aliphatic heterocycles. The minimum Gasteiger partial charge on any atom is -0.506 e. The standard InChI is InChI=1S/C7H7FO4S/c1-12-5-2-3-7(6(9)4-5)13(8,10)11/h2-4,9H,1H3. The molecule has 0 amide bonds. The van der Waals surface area contributed by atoms with Crippen LogP contribution in [-0.2, 0) is 10.2 Å². The van der Waals surface area contributed by atoms with Crippen molar-refractivity contribution in [1.82, 2.24) is 0 Å². The van der Waals surface area contributed by atoms with E-state index in [9.17, 15) is 12.3 Å². The van der Waals surface area contributed by atoms with E-state index in [1.807, 2.05) is 0 Å². The number of aromatic hydroxyl groups is 1. The topological polar surface area (TPSA) is 63.6 Å². The number of benzene rings is 1. The predicted octanol–water partition coefficient (Wildman–Crippen LogP) is 1.06. The summed E-state index contributed by atoms with van der Waals surface area (Å²) in [5, 5.41) is 9.06. The Labute approximate surface area is 74.8 Å². The molecule has 0 aliphatic rings. The van der Waals surface area contributed by atoms with Gasteiger partial charge in [-0.1, -0.05) is 0 Å². The van der Waals surface area contributed by atoms with Crippen LogP contribution in [0.25, 0.3) is 0 Å². The Morgan fingerprint density at radius 1 is 1.46 bits per heavy atom. The molecule has 0 radical (unpaired) electrons. The van der Waals surface area contributed by atoms with Crippen LogP contribution >= 0.6 is 0 Å². The van der Waals surface area contributed by atoms with E-state index < -0.39 is 20.9 Å². The molecular weight excluding hydrogens is 199 g/mol. The molecular formula is C7H7FO4S. The van der Waals surface area contributed by atoms with Crippen molar-refractivity contribution in [3.05, 3.63) is 18.2 Å². The Bertz CT molecular complexity index is 413. The van der Waals surface area contributed by atoms with Gasteiger partial charge in [-0.2, -0.15) is 8.42 Å². The van der Waals surface area contributed by atoms with Gasteiger partial charge in [0.05, 0.1) is 7.11 Å². The quantitative estimate of drug-likeness (QED) is 0.735. The van der Waals surface area contributed by atoms with Crippen LogP contribution in [0, 0.1) is 0 Å². The fourth-order valence-corrected chi connectivity index (χ4v) is 1.37. The molecule has 0 heterocycles. The fraction of sp³-hybridized carbons (Fsp3) is 0.143. The zero-order valence-electron chi connectivity index (χ0n) is 6.69. The predicted molar refractivity (Wildman–Crippen MR) is 43.0 cm³/mol. The van der Waals surface area contributed by atoms with Gasteiger partial charge in [-0.15, -0.1) is 3.89 Å². The summed E-state index contributed by atoms with van der Waals surface area (Å²) in [4.78, 5) is -0.756. The molecule has 0 fully saturated rings. The van der Waals surface area contributed by atoms with Crippen LogP contribution in [0.5, 0.6) is 11.5 Å². The summed E-state index contributed by atoms with van der Waals surface area (Å²) < 4.78 is 37.8. The third kappa shape index (κ3) is 2.09. The fourth-order valence-electron chi connectivity index (χ4n) is 0.830. The number of ether oxygens (including phenoxy) is 1. The first-order valence-corrected chi connectivity index (χ1v) is 4.65. The van der Waals surface area contributed by atoms with Gasteiger partial charge >= 0.3 is 10.2 Å². The zero-order valence-corrected chi connectivity index (χ0v) is 7.51. The molecule has 0 unspecified atom stereocenters. The van der Waals surface area contributed by atoms with E-state index in [1.165, 1.54) is 13.2 Å². The molecule has 1 N–H and O–H groups in total. The number of phenols is 1. The SMILES string of the molecule is COc1ccc(S(=O)(=O)F)c(O)c1. The summed E-state index contributed by atoms with van der Waals surface area (Å²) >= 11 is 0. The average Bonchev–Trinajstić information content (AvgIpc) is 2.01. The average molecular weight is 206 g/mol. The highest BCUT2D eigenvalue weighted by Gasteiger charge is 2.17. The Hall–Kier alpha value is -1.30. The van der Waals surface area contributed by atoms with Crippen molar-refractivity contribution in [3.8, 4) is 11.5 Å². The zero-order chi connectivity index (χ0) is 10.1. The summed E-state index contributed by atoms with van der Waals surface area (Å²) in [7, 11) is -3.52. The second-order valence-corrected chi connectivity index (χ2v) is 3.59. The molecule has 6 heteroatoms. The number of halogens is 1. The number of methoxy groups -OCH3 is 1. The lowest BCUT2D eigenvalue weighted by atomic mass is 10.3. The van der Waals surface area contributed by atoms with Gasteiger partial charge in [-0.25, -0.2) is 0 Å². The van der Waals surface area contributed by atoms with Crippen molar-refractivity contribution in [2.24, 2.45) is 0 Å². The van der Waals surface area contributed by atoms with Crippen molar-refractivity contribution < 1.29 is 22.1 Å². The second kappa shape index (κ2) is 3.21. The summed E-state index contributed by atoms with van der Waals surface area (Å²) in [6.45, 7) is 0. The van der Waals surface area contributed by atoms with Gasteiger partial charge in [0.15, 0.2) is 0 Å². The van der Waals surface area contributed by atoms with Crippen LogP contribution in [0.2, 0.25) is 0 Å². The van der Waals surface area contributed by atoms with Crippen molar-refractivity contribution in [2.75, 3.05) is 7.11 Å². The lowest BCUT2D eigenvalue weighted by molar-refractivity contribution is 0.404. The molecule has 0 aliphatic carbocycles. The summed E-state index contributed by atoms with van der Waals surface area (Å²) in [5.41, 5.74) is 0. The Balaban J connectivity index is 3.29. The maximum Gasteiger partial charge on any atom is 0.335 e. The third-order valence-corrected chi connectivity index (χ3v) is 2.30. The second-order valence-electron chi connectivity index (χ2n) is 2.27. The Morgan fingerprint density at radius 3 is 2.46 bits per heavy atom. The van der Waals surface area contributed by atoms with Gasteiger partial charge in [-0.05, 0) is 12.1 Å². The van der Waals surface area contributed by atoms with Crippen molar-refractivity contribution in [1.29, 1.82) is 0 Å². The van der Waals surface area contributed by atoms with E-state index in [2.05, 4.69) is 4.74 Å². The van der Waals surface area contributed by atoms with Crippen LogP contribution in [-0.4, -0.2) is 20.6 Å². The highest BCUT2D eigenvalue weighted by Crippen LogP contribution is 2.28. The van der Waals surface area contributed by atoms with Gasteiger partial charge in [-0.3, -0.25) is 0 Å². The van der Waals surface area contributed by atoms with E-state index in [1.54, 1.807) is 0 Å². The van der Waals surface area contributed by atoms with Crippen LogP contribution < -0.4 is 4.74 Å². The largest absolute Gasteiger partial charge is 0.506 e. The molecule has 0 spiro atoms. The summed E-state index contributed by atoms with van der Waals surface area (Å²) in [6.07, 6.45) is 0. The molecule has 0 atom stereocenters. The molecule has 1 rings (SSSR count). The Morgan fingerprint density at radius 2 is 2.08 bits per heavy atom. The van der Waals surface area contributed by atoms with E-state index in [0.717, 1.165) is 12.1 Å². The van der Waals surface area contributed by atoms with Crippen LogP contribution in [0.4, 0.5) is 3.89 Å². The molecule has 1 aromatic rings. The van der Waals surface area contributed by atoms with Crippen molar-refractivity contribution in [2.45, 2.75) is 4.90 Å². The molecule has 0 saturated carbocycles. The van der Waals surface area contributed by atoms with Gasteiger partial charge in [0.25, 0.3) is 0 Å². The lowest BCUT2D eigenvalue weighted by Crippen LogP contribution is -1.93. The monoisotopic (exact) mass is 206 g/mol. The van der Waals surface area contributed by atoms with E-state index in [-0.39, 0.29) is 5.75 Å². The maximum atomic E-state index is 12.4. The highest BCUT2D eigenvalue weighted by atomic mass is 32.3. The van der Waals surface area contributed by atoms with Crippen molar-refractivity contribution in [3.63, 3.8) is 0 Å². The molecule has 0 aromatic heterocycles. The van der Waals surface area contributed by atoms with Crippen LogP contribution in [0.3, 0.4) is 0 Å². The first-order chi connectivity index (χ1) is 5.95. The minimum atomic E-state index is -4.86. The molecule has 4 nitrogen and oxygen atoms in total. The van der Waals surface area contributed by atoms with E-state index in [4.69, 9.17) is 5.11 Å². The number of hydrogen-bond acceptors (Lipinski definition) is 4. The van der Waals surface area contributed by atoms with E-state index >= 15 is 0 Å². The van der Waals surface area contributed by atoms with Gasteiger partial charge in [0.2, 0.25) is 0 Å². The smallest absolute Gasteiger partial charge is 0.335 e. The molecule has 72 valence electrons. The Kier molecular flexibility index (Phi) is 2.42. The molecule has 1 aromatic carbocycles. The summed E-state index contributed by atoms with van der Waals surface area (Å²) in [6, 6.07) is 3.20. The van der Waals surface area contributed by atoms with Gasteiger partial charge in [0.1, 0.15) is 16.4 Å². The lowest BCUT2D eigenvalue weighted by Gasteiger charge is -2.02. The van der Waals surface area contributed by atoms with Crippen LogP contribution in [0.1, 0.15) is 0 Å². The van der Waals surface area contributed by atoms with Crippen LogP contribution in [0.15, 0.2) is 23.1 Å². The number of rotatable bonds is 2. The summed E-state index contributed by atoms with van der Waals surface area (Å²) in [5.74, 6) is -0.410. The maximum absolute atomic E-state index is 12.4. The first-order valence-electron chi connectivity index (χ1n) is 3.27. The third-order valence-electron chi connectivity index (χ3n) is 1.43. The number of hydrogen-bond donors (Lipinski definition) is 1. The first kappa shape index (κ1) is 9.79.